The normalized spacial score (nSPS) is 14.7. The highest BCUT2D eigenvalue weighted by molar-refractivity contribution is 5.55. The number of hydrogen-bond donors (Lipinski definition) is 0. The van der Waals surface area contributed by atoms with E-state index in [9.17, 15) is 10.1 Å². The first kappa shape index (κ1) is 15.1. The van der Waals surface area contributed by atoms with Crippen LogP contribution in [0, 0.1) is 10.1 Å². The Morgan fingerprint density at radius 1 is 0.957 bits per heavy atom. The van der Waals surface area contributed by atoms with E-state index in [0.29, 0.717) is 0 Å². The molecule has 6 nitrogen and oxygen atoms in total. The van der Waals surface area contributed by atoms with E-state index in [4.69, 9.17) is 4.74 Å². The number of benzene rings is 2. The third-order valence-electron chi connectivity index (χ3n) is 4.12. The molecule has 0 unspecified atom stereocenters. The molecular formula is C17H19N3O3. The molecule has 1 fully saturated rings. The molecule has 6 heteroatoms. The highest BCUT2D eigenvalue weighted by Gasteiger charge is 2.18. The second kappa shape index (κ2) is 6.56. The van der Waals surface area contributed by atoms with Crippen LogP contribution in [-0.4, -0.2) is 38.2 Å². The van der Waals surface area contributed by atoms with Crippen molar-refractivity contribution in [3.8, 4) is 5.75 Å². The molecule has 23 heavy (non-hydrogen) atoms. The maximum absolute atomic E-state index is 10.7. The van der Waals surface area contributed by atoms with Crippen molar-refractivity contribution in [2.45, 2.75) is 0 Å². The monoisotopic (exact) mass is 313 g/mol. The third-order valence-corrected chi connectivity index (χ3v) is 4.12. The molecule has 3 rings (SSSR count). The minimum absolute atomic E-state index is 0.128. The summed E-state index contributed by atoms with van der Waals surface area (Å²) in [7, 11) is 1.67. The smallest absolute Gasteiger partial charge is 0.269 e. The molecule has 0 radical (unpaired) electrons. The molecule has 1 heterocycles. The zero-order chi connectivity index (χ0) is 16.2. The van der Waals surface area contributed by atoms with Crippen molar-refractivity contribution in [3.05, 3.63) is 58.6 Å². The van der Waals surface area contributed by atoms with Gasteiger partial charge in [0.15, 0.2) is 0 Å². The van der Waals surface area contributed by atoms with Gasteiger partial charge in [0.2, 0.25) is 0 Å². The standard InChI is InChI=1S/C17H19N3O3/c1-23-17-4-2-3-16(13-17)19-11-9-18(10-12-19)14-5-7-15(8-6-14)20(21)22/h2-8,13H,9-12H2,1H3. The molecule has 1 aliphatic rings. The average Bonchev–Trinajstić information content (AvgIpc) is 2.62. The maximum atomic E-state index is 10.7. The number of nitro benzene ring substituents is 1. The Bertz CT molecular complexity index is 680. The zero-order valence-corrected chi connectivity index (χ0v) is 13.0. The van der Waals surface area contributed by atoms with Crippen molar-refractivity contribution in [1.82, 2.24) is 0 Å². The van der Waals surface area contributed by atoms with Crippen LogP contribution >= 0.6 is 0 Å². The van der Waals surface area contributed by atoms with Crippen LogP contribution in [-0.2, 0) is 0 Å². The summed E-state index contributed by atoms with van der Waals surface area (Å²) in [6, 6.07) is 14.8. The van der Waals surface area contributed by atoms with E-state index in [1.165, 1.54) is 0 Å². The summed E-state index contributed by atoms with van der Waals surface area (Å²) in [6.07, 6.45) is 0. The van der Waals surface area contributed by atoms with Crippen LogP contribution in [0.2, 0.25) is 0 Å². The van der Waals surface area contributed by atoms with Gasteiger partial charge in [0.05, 0.1) is 12.0 Å². The molecule has 0 amide bonds. The highest BCUT2D eigenvalue weighted by atomic mass is 16.6. The minimum atomic E-state index is -0.371. The first-order valence-electron chi connectivity index (χ1n) is 7.56. The molecule has 120 valence electrons. The van der Waals surface area contributed by atoms with E-state index in [1.54, 1.807) is 19.2 Å². The Morgan fingerprint density at radius 3 is 2.13 bits per heavy atom. The van der Waals surface area contributed by atoms with Crippen molar-refractivity contribution in [2.75, 3.05) is 43.1 Å². The fraction of sp³-hybridized carbons (Fsp3) is 0.294. The van der Waals surface area contributed by atoms with E-state index in [-0.39, 0.29) is 10.6 Å². The summed E-state index contributed by atoms with van der Waals surface area (Å²) < 4.78 is 5.27. The molecule has 0 atom stereocenters. The number of nitrogens with zero attached hydrogens (tertiary/aromatic N) is 3. The Kier molecular flexibility index (Phi) is 4.32. The molecular weight excluding hydrogens is 294 g/mol. The molecule has 0 bridgehead atoms. The van der Waals surface area contributed by atoms with Gasteiger partial charge >= 0.3 is 0 Å². The second-order valence-electron chi connectivity index (χ2n) is 5.45. The molecule has 0 saturated carbocycles. The lowest BCUT2D eigenvalue weighted by Gasteiger charge is -2.37. The van der Waals surface area contributed by atoms with E-state index in [2.05, 4.69) is 15.9 Å². The largest absolute Gasteiger partial charge is 0.497 e. The lowest BCUT2D eigenvalue weighted by atomic mass is 10.2. The summed E-state index contributed by atoms with van der Waals surface area (Å²) in [5.41, 5.74) is 2.32. The van der Waals surface area contributed by atoms with Crippen LogP contribution in [0.1, 0.15) is 0 Å². The summed E-state index contributed by atoms with van der Waals surface area (Å²) in [6.45, 7) is 3.58. The number of anilines is 2. The third kappa shape index (κ3) is 3.36. The zero-order valence-electron chi connectivity index (χ0n) is 13.0. The van der Waals surface area contributed by atoms with Crippen LogP contribution in [0.25, 0.3) is 0 Å². The van der Waals surface area contributed by atoms with Crippen molar-refractivity contribution in [3.63, 3.8) is 0 Å². The quantitative estimate of drug-likeness (QED) is 0.641. The van der Waals surface area contributed by atoms with Crippen LogP contribution < -0.4 is 14.5 Å². The second-order valence-corrected chi connectivity index (χ2v) is 5.45. The van der Waals surface area contributed by atoms with Gasteiger partial charge in [-0.25, -0.2) is 0 Å². The highest BCUT2D eigenvalue weighted by Crippen LogP contribution is 2.25. The molecule has 0 N–H and O–H groups in total. The Labute approximate surface area is 135 Å². The van der Waals surface area contributed by atoms with Crippen LogP contribution in [0.15, 0.2) is 48.5 Å². The molecule has 0 aliphatic carbocycles. The Balaban J connectivity index is 1.64. The molecule has 0 spiro atoms. The van der Waals surface area contributed by atoms with Gasteiger partial charge in [0.25, 0.3) is 5.69 Å². The fourth-order valence-electron chi connectivity index (χ4n) is 2.82. The number of hydrogen-bond acceptors (Lipinski definition) is 5. The first-order valence-corrected chi connectivity index (χ1v) is 7.56. The van der Waals surface area contributed by atoms with Crippen molar-refractivity contribution < 1.29 is 9.66 Å². The van der Waals surface area contributed by atoms with Gasteiger partial charge in [0, 0.05) is 55.8 Å². The number of methoxy groups -OCH3 is 1. The molecule has 1 aliphatic heterocycles. The Morgan fingerprint density at radius 2 is 1.57 bits per heavy atom. The molecule has 2 aromatic carbocycles. The fourth-order valence-corrected chi connectivity index (χ4v) is 2.82. The summed E-state index contributed by atoms with van der Waals surface area (Å²) >= 11 is 0. The summed E-state index contributed by atoms with van der Waals surface area (Å²) in [5, 5.41) is 10.7. The van der Waals surface area contributed by atoms with E-state index < -0.39 is 0 Å². The van der Waals surface area contributed by atoms with Gasteiger partial charge < -0.3 is 14.5 Å². The number of ether oxygens (including phenoxy) is 1. The van der Waals surface area contributed by atoms with Gasteiger partial charge in [-0.1, -0.05) is 6.07 Å². The number of non-ortho nitro benzene ring substituents is 1. The van der Waals surface area contributed by atoms with Gasteiger partial charge in [-0.3, -0.25) is 10.1 Å². The van der Waals surface area contributed by atoms with Gasteiger partial charge in [-0.05, 0) is 24.3 Å². The van der Waals surface area contributed by atoms with Crippen LogP contribution in [0.5, 0.6) is 5.75 Å². The predicted molar refractivity (Wildman–Crippen MR) is 90.5 cm³/mol. The number of rotatable bonds is 4. The van der Waals surface area contributed by atoms with Gasteiger partial charge in [-0.2, -0.15) is 0 Å². The van der Waals surface area contributed by atoms with Crippen molar-refractivity contribution >= 4 is 17.1 Å². The summed E-state index contributed by atoms with van der Waals surface area (Å²) in [5.74, 6) is 0.861. The van der Waals surface area contributed by atoms with Crippen LogP contribution in [0.3, 0.4) is 0 Å². The topological polar surface area (TPSA) is 58.8 Å². The maximum Gasteiger partial charge on any atom is 0.269 e. The first-order chi connectivity index (χ1) is 11.2. The van der Waals surface area contributed by atoms with Gasteiger partial charge in [0.1, 0.15) is 5.75 Å². The van der Waals surface area contributed by atoms with E-state index in [1.807, 2.05) is 30.3 Å². The average molecular weight is 313 g/mol. The predicted octanol–water partition coefficient (Wildman–Crippen LogP) is 2.93. The van der Waals surface area contributed by atoms with Crippen molar-refractivity contribution in [2.24, 2.45) is 0 Å². The Hall–Kier alpha value is -2.76. The van der Waals surface area contributed by atoms with E-state index >= 15 is 0 Å². The SMILES string of the molecule is COc1cccc(N2CCN(c3ccc([N+](=O)[O-])cc3)CC2)c1. The van der Waals surface area contributed by atoms with Gasteiger partial charge in [-0.15, -0.1) is 0 Å². The van der Waals surface area contributed by atoms with Crippen LogP contribution in [0.4, 0.5) is 17.1 Å². The van der Waals surface area contributed by atoms with E-state index in [0.717, 1.165) is 43.3 Å². The number of nitro groups is 1. The summed E-state index contributed by atoms with van der Waals surface area (Å²) in [4.78, 5) is 14.9. The lowest BCUT2D eigenvalue weighted by molar-refractivity contribution is -0.384. The van der Waals surface area contributed by atoms with Crippen molar-refractivity contribution in [1.29, 1.82) is 0 Å². The molecule has 2 aromatic rings. The number of piperazine rings is 1. The lowest BCUT2D eigenvalue weighted by Crippen LogP contribution is -2.46. The molecule has 0 aromatic heterocycles. The molecule has 1 saturated heterocycles. The minimum Gasteiger partial charge on any atom is -0.497 e.